The maximum Gasteiger partial charge on any atom is 0.410 e. The summed E-state index contributed by atoms with van der Waals surface area (Å²) in [5.74, 6) is -1.01. The van der Waals surface area contributed by atoms with E-state index in [0.29, 0.717) is 31.4 Å². The number of carboxylic acid groups (broad SMARTS) is 1. The van der Waals surface area contributed by atoms with Crippen LogP contribution in [0.1, 0.15) is 43.3 Å². The number of thiazole rings is 1. The van der Waals surface area contributed by atoms with Gasteiger partial charge in [-0.15, -0.1) is 11.3 Å². The summed E-state index contributed by atoms with van der Waals surface area (Å²) in [6.07, 6.45) is 6.47. The van der Waals surface area contributed by atoms with Gasteiger partial charge in [-0.25, -0.2) is 19.6 Å². The van der Waals surface area contributed by atoms with E-state index in [2.05, 4.69) is 29.9 Å². The van der Waals surface area contributed by atoms with Crippen molar-refractivity contribution in [3.8, 4) is 10.6 Å². The summed E-state index contributed by atoms with van der Waals surface area (Å²) >= 11 is 1.11. The predicted molar refractivity (Wildman–Crippen MR) is 156 cm³/mol. The monoisotopic (exact) mass is 573 g/mol. The zero-order valence-electron chi connectivity index (χ0n) is 23.6. The van der Waals surface area contributed by atoms with Gasteiger partial charge in [0.1, 0.15) is 27.9 Å². The van der Waals surface area contributed by atoms with Crippen LogP contribution in [0.15, 0.2) is 24.7 Å². The molecule has 0 bridgehead atoms. The van der Waals surface area contributed by atoms with Crippen molar-refractivity contribution in [2.45, 2.75) is 77.7 Å². The number of anilines is 1. The Balaban J connectivity index is 1.62. The number of likely N-dealkylation sites (tertiary alicyclic amines) is 1. The Labute approximate surface area is 234 Å². The number of carbonyl (C=O) groups excluding carboxylic acids is 1. The maximum atomic E-state index is 12.8. The third-order valence-electron chi connectivity index (χ3n) is 6.38. The van der Waals surface area contributed by atoms with Crippen LogP contribution in [0.2, 0.25) is 25.7 Å². The van der Waals surface area contributed by atoms with Crippen LogP contribution in [0.5, 0.6) is 0 Å². The van der Waals surface area contributed by atoms with Gasteiger partial charge < -0.3 is 29.4 Å². The molecule has 1 aliphatic rings. The Morgan fingerprint density at radius 3 is 2.67 bits per heavy atom. The number of amides is 1. The number of piperidine rings is 1. The van der Waals surface area contributed by atoms with Gasteiger partial charge in [-0.05, 0) is 45.7 Å². The highest BCUT2D eigenvalue weighted by molar-refractivity contribution is 7.16. The zero-order chi connectivity index (χ0) is 28.4. The average molecular weight is 574 g/mol. The van der Waals surface area contributed by atoms with Gasteiger partial charge in [0.25, 0.3) is 0 Å². The fraction of sp³-hybridized carbons (Fsp3) is 0.556. The number of aromatic nitrogens is 3. The molecule has 2 N–H and O–H groups in total. The molecule has 1 fully saturated rings. The molecule has 1 amide bonds. The zero-order valence-corrected chi connectivity index (χ0v) is 25.4. The average Bonchev–Trinajstić information content (AvgIpc) is 3.49. The standard InChI is InChI=1S/C27H39N5O5SSi/c1-27(2,3)37-26(35)31-10-7-8-18(16-31)30-22-19-9-11-32(17-36-12-13-39(4,5)6)23(19)28-14-20(22)24-29-15-21(38-24)25(33)34/h9,11,14-15,18H,7-8,10,12-13,16-17H2,1-6H3,(H,28,30)(H,33,34). The van der Waals surface area contributed by atoms with Gasteiger partial charge in [0.2, 0.25) is 0 Å². The van der Waals surface area contributed by atoms with Gasteiger partial charge >= 0.3 is 12.1 Å². The number of nitrogens with zero attached hydrogens (tertiary/aromatic N) is 4. The van der Waals surface area contributed by atoms with Crippen LogP contribution in [0.3, 0.4) is 0 Å². The minimum Gasteiger partial charge on any atom is -0.477 e. The maximum absolute atomic E-state index is 12.8. The Hall–Kier alpha value is -2.96. The number of fused-ring (bicyclic) bond motifs is 1. The highest BCUT2D eigenvalue weighted by Gasteiger charge is 2.29. The number of ether oxygens (including phenoxy) is 2. The number of rotatable bonds is 9. The number of hydrogen-bond acceptors (Lipinski definition) is 8. The normalized spacial score (nSPS) is 16.5. The summed E-state index contributed by atoms with van der Waals surface area (Å²) < 4.78 is 13.6. The molecule has 3 aromatic heterocycles. The molecule has 212 valence electrons. The molecule has 39 heavy (non-hydrogen) atoms. The lowest BCUT2D eigenvalue weighted by Gasteiger charge is -2.35. The van der Waals surface area contributed by atoms with E-state index in [-0.39, 0.29) is 17.0 Å². The second-order valence-corrected chi connectivity index (χ2v) is 18.8. The van der Waals surface area contributed by atoms with Crippen molar-refractivity contribution < 1.29 is 24.2 Å². The summed E-state index contributed by atoms with van der Waals surface area (Å²) in [6, 6.07) is 3.06. The Morgan fingerprint density at radius 1 is 1.23 bits per heavy atom. The lowest BCUT2D eigenvalue weighted by Crippen LogP contribution is -2.47. The van der Waals surface area contributed by atoms with Crippen molar-refractivity contribution in [3.63, 3.8) is 0 Å². The number of nitrogens with one attached hydrogen (secondary N) is 1. The van der Waals surface area contributed by atoms with Gasteiger partial charge in [-0.1, -0.05) is 19.6 Å². The van der Waals surface area contributed by atoms with Crippen molar-refractivity contribution in [1.82, 2.24) is 19.4 Å². The number of carboxylic acids is 1. The van der Waals surface area contributed by atoms with E-state index in [4.69, 9.17) is 14.5 Å². The lowest BCUT2D eigenvalue weighted by molar-refractivity contribution is 0.0206. The molecule has 1 atom stereocenters. The first kappa shape index (κ1) is 29.0. The molecule has 0 spiro atoms. The summed E-state index contributed by atoms with van der Waals surface area (Å²) in [6.45, 7) is 14.8. The molecule has 1 aliphatic heterocycles. The Morgan fingerprint density at radius 2 is 2.00 bits per heavy atom. The van der Waals surface area contributed by atoms with E-state index in [1.807, 2.05) is 37.6 Å². The quantitative estimate of drug-likeness (QED) is 0.237. The predicted octanol–water partition coefficient (Wildman–Crippen LogP) is 5.98. The number of pyridine rings is 1. The van der Waals surface area contributed by atoms with Gasteiger partial charge in [-0.2, -0.15) is 0 Å². The highest BCUT2D eigenvalue weighted by atomic mass is 32.1. The molecule has 0 saturated carbocycles. The van der Waals surface area contributed by atoms with Gasteiger partial charge in [0.05, 0.1) is 17.4 Å². The molecule has 12 heteroatoms. The van der Waals surface area contributed by atoms with E-state index < -0.39 is 19.6 Å². The smallest absolute Gasteiger partial charge is 0.410 e. The summed E-state index contributed by atoms with van der Waals surface area (Å²) in [7, 11) is -1.19. The van der Waals surface area contributed by atoms with Crippen molar-refractivity contribution >= 4 is 48.2 Å². The molecule has 0 aromatic carbocycles. The minimum absolute atomic E-state index is 0.0223. The summed E-state index contributed by atoms with van der Waals surface area (Å²) in [4.78, 5) is 35.3. The first-order chi connectivity index (χ1) is 18.3. The fourth-order valence-corrected chi connectivity index (χ4v) is 5.92. The second kappa shape index (κ2) is 11.6. The van der Waals surface area contributed by atoms with Crippen LogP contribution < -0.4 is 5.32 Å². The van der Waals surface area contributed by atoms with E-state index in [0.717, 1.165) is 52.5 Å². The van der Waals surface area contributed by atoms with Gasteiger partial charge in [-0.3, -0.25) is 0 Å². The SMILES string of the molecule is CC(C)(C)OC(=O)N1CCCC(Nc2c(-c3ncc(C(=O)O)s3)cnc3c2ccn3COCC[Si](C)(C)C)C1. The fourth-order valence-electron chi connectivity index (χ4n) is 4.39. The first-order valence-corrected chi connectivity index (χ1v) is 17.8. The molecule has 3 aromatic rings. The van der Waals surface area contributed by atoms with Crippen molar-refractivity contribution in [3.05, 3.63) is 29.5 Å². The van der Waals surface area contributed by atoms with E-state index in [1.165, 1.54) is 6.20 Å². The molecular formula is C27H39N5O5SSi. The van der Waals surface area contributed by atoms with Crippen LogP contribution in [0.25, 0.3) is 21.6 Å². The van der Waals surface area contributed by atoms with Crippen molar-refractivity contribution in [2.24, 2.45) is 0 Å². The lowest BCUT2D eigenvalue weighted by atomic mass is 10.0. The second-order valence-electron chi connectivity index (χ2n) is 12.2. The Bertz CT molecular complexity index is 1330. The molecule has 10 nitrogen and oxygen atoms in total. The van der Waals surface area contributed by atoms with Gasteiger partial charge in [0, 0.05) is 51.6 Å². The number of hydrogen-bond donors (Lipinski definition) is 2. The van der Waals surface area contributed by atoms with E-state index in [1.54, 1.807) is 11.1 Å². The molecule has 0 radical (unpaired) electrons. The van der Waals surface area contributed by atoms with Crippen LogP contribution in [-0.4, -0.2) is 76.0 Å². The minimum atomic E-state index is -1.19. The number of aromatic carboxylic acids is 1. The molecule has 4 heterocycles. The van der Waals surface area contributed by atoms with Crippen LogP contribution in [0.4, 0.5) is 10.5 Å². The third kappa shape index (κ3) is 7.58. The first-order valence-electron chi connectivity index (χ1n) is 13.3. The molecule has 0 aliphatic carbocycles. The van der Waals surface area contributed by atoms with Gasteiger partial charge in [0.15, 0.2) is 0 Å². The van der Waals surface area contributed by atoms with Crippen molar-refractivity contribution in [1.29, 1.82) is 0 Å². The number of carbonyl (C=O) groups is 2. The summed E-state index contributed by atoms with van der Waals surface area (Å²) in [5, 5.41) is 14.6. The topological polar surface area (TPSA) is 119 Å². The molecule has 4 rings (SSSR count). The summed E-state index contributed by atoms with van der Waals surface area (Å²) in [5.41, 5.74) is 1.76. The Kier molecular flexibility index (Phi) is 8.67. The highest BCUT2D eigenvalue weighted by Crippen LogP contribution is 2.37. The third-order valence-corrected chi connectivity index (χ3v) is 9.11. The van der Waals surface area contributed by atoms with Crippen LogP contribution in [0, 0.1) is 0 Å². The largest absolute Gasteiger partial charge is 0.477 e. The molecule has 1 unspecified atom stereocenters. The molecular weight excluding hydrogens is 534 g/mol. The van der Waals surface area contributed by atoms with Crippen molar-refractivity contribution in [2.75, 3.05) is 25.0 Å². The van der Waals surface area contributed by atoms with Crippen LogP contribution >= 0.6 is 11.3 Å². The van der Waals surface area contributed by atoms with E-state index in [9.17, 15) is 14.7 Å². The molecule has 1 saturated heterocycles. The van der Waals surface area contributed by atoms with E-state index >= 15 is 0 Å². The van der Waals surface area contributed by atoms with Crippen LogP contribution in [-0.2, 0) is 16.2 Å².